The summed E-state index contributed by atoms with van der Waals surface area (Å²) in [6.45, 7) is 9.14. The zero-order valence-electron chi connectivity index (χ0n) is 20.7. The summed E-state index contributed by atoms with van der Waals surface area (Å²) in [7, 11) is 0. The van der Waals surface area contributed by atoms with Gasteiger partial charge in [0.05, 0.1) is 17.1 Å². The highest BCUT2D eigenvalue weighted by Crippen LogP contribution is 2.35. The molecule has 1 saturated heterocycles. The van der Waals surface area contributed by atoms with E-state index in [1.54, 1.807) is 18.3 Å². The summed E-state index contributed by atoms with van der Waals surface area (Å²) in [6.07, 6.45) is 7.98. The number of amides is 1. The van der Waals surface area contributed by atoms with E-state index >= 15 is 0 Å². The fourth-order valence-corrected chi connectivity index (χ4v) is 5.70. The Bertz CT molecular complexity index is 1160. The molecule has 2 heterocycles. The Labute approximate surface area is 212 Å². The van der Waals surface area contributed by atoms with Gasteiger partial charge in [-0.25, -0.2) is 0 Å². The molecule has 35 heavy (non-hydrogen) atoms. The van der Waals surface area contributed by atoms with Gasteiger partial charge in [-0.3, -0.25) is 4.79 Å². The first kappa shape index (κ1) is 25.2. The van der Waals surface area contributed by atoms with Gasteiger partial charge < -0.3 is 15.4 Å². The Morgan fingerprint density at radius 3 is 2.60 bits per heavy atom. The lowest BCUT2D eigenvalue weighted by Gasteiger charge is -2.46. The molecule has 1 amide bonds. The number of nitriles is 1. The molecule has 3 aliphatic rings. The number of halogens is 1. The Morgan fingerprint density at radius 1 is 1.23 bits per heavy atom. The van der Waals surface area contributed by atoms with Gasteiger partial charge in [-0.05, 0) is 64.7 Å². The molecule has 2 N–H and O–H groups in total. The van der Waals surface area contributed by atoms with Crippen LogP contribution in [0.1, 0.15) is 70.4 Å². The van der Waals surface area contributed by atoms with Crippen LogP contribution in [0.5, 0.6) is 5.75 Å². The first-order valence-electron chi connectivity index (χ1n) is 12.0. The number of benzene rings is 1. The molecule has 0 aromatic heterocycles. The van der Waals surface area contributed by atoms with Crippen LogP contribution in [0, 0.1) is 11.3 Å². The molecular formula is C27H32ClN5O2. The number of allylic oxidation sites excluding steroid dienone is 3. The summed E-state index contributed by atoms with van der Waals surface area (Å²) >= 11 is 6.56. The van der Waals surface area contributed by atoms with Crippen molar-refractivity contribution in [2.24, 2.45) is 10.2 Å². The van der Waals surface area contributed by atoms with Gasteiger partial charge in [-0.2, -0.15) is 15.5 Å². The minimum Gasteiger partial charge on any atom is -0.459 e. The van der Waals surface area contributed by atoms with Crippen molar-refractivity contribution in [1.29, 1.82) is 5.26 Å². The van der Waals surface area contributed by atoms with Crippen LogP contribution < -0.4 is 15.4 Å². The second kappa shape index (κ2) is 9.96. The second-order valence-electron chi connectivity index (χ2n) is 10.7. The number of azo groups is 1. The van der Waals surface area contributed by atoms with Gasteiger partial charge in [0.2, 0.25) is 5.91 Å². The maximum absolute atomic E-state index is 13.0. The summed E-state index contributed by atoms with van der Waals surface area (Å²) in [5.41, 5.74) is 1.84. The predicted octanol–water partition coefficient (Wildman–Crippen LogP) is 5.60. The zero-order valence-corrected chi connectivity index (χ0v) is 21.4. The van der Waals surface area contributed by atoms with E-state index in [2.05, 4.69) is 54.6 Å². The van der Waals surface area contributed by atoms with E-state index in [0.29, 0.717) is 47.1 Å². The molecule has 7 nitrogen and oxygen atoms in total. The SMILES string of the molecule is CC1(C)CC(NC(=O)C2=CC(Cl)=C(Oc3cccc(C4C=CN=NC4)c3C#N)CC2)CC(C)(C)N1. The van der Waals surface area contributed by atoms with E-state index in [0.717, 1.165) is 18.4 Å². The largest absolute Gasteiger partial charge is 0.459 e. The maximum atomic E-state index is 13.0. The highest BCUT2D eigenvalue weighted by Gasteiger charge is 2.38. The summed E-state index contributed by atoms with van der Waals surface area (Å²) in [6, 6.07) is 7.89. The Balaban J connectivity index is 1.49. The molecule has 4 rings (SSSR count). The van der Waals surface area contributed by atoms with Crippen molar-refractivity contribution in [3.8, 4) is 11.8 Å². The first-order chi connectivity index (χ1) is 16.6. The van der Waals surface area contributed by atoms with Crippen LogP contribution >= 0.6 is 11.6 Å². The average molecular weight is 494 g/mol. The molecule has 0 bridgehead atoms. The molecule has 1 aromatic rings. The fraction of sp³-hybridized carbons (Fsp3) is 0.481. The third-order valence-electron chi connectivity index (χ3n) is 6.55. The van der Waals surface area contributed by atoms with Crippen LogP contribution in [0.25, 0.3) is 0 Å². The quantitative estimate of drug-likeness (QED) is 0.558. The van der Waals surface area contributed by atoms with Crippen molar-refractivity contribution in [1.82, 2.24) is 10.6 Å². The lowest BCUT2D eigenvalue weighted by molar-refractivity contribution is -0.118. The second-order valence-corrected chi connectivity index (χ2v) is 11.1. The molecule has 0 radical (unpaired) electrons. The van der Waals surface area contributed by atoms with Gasteiger partial charge in [0.1, 0.15) is 17.6 Å². The zero-order chi connectivity index (χ0) is 25.2. The number of carbonyl (C=O) groups excluding carboxylic acids is 1. The summed E-state index contributed by atoms with van der Waals surface area (Å²) in [5.74, 6) is 0.898. The van der Waals surface area contributed by atoms with E-state index in [9.17, 15) is 10.1 Å². The van der Waals surface area contributed by atoms with Crippen LogP contribution in [-0.4, -0.2) is 29.6 Å². The molecule has 0 saturated carbocycles. The molecule has 1 atom stereocenters. The van der Waals surface area contributed by atoms with Crippen LogP contribution in [0.4, 0.5) is 0 Å². The van der Waals surface area contributed by atoms with Crippen molar-refractivity contribution < 1.29 is 9.53 Å². The summed E-state index contributed by atoms with van der Waals surface area (Å²) in [4.78, 5) is 13.0. The van der Waals surface area contributed by atoms with Crippen molar-refractivity contribution in [2.45, 2.75) is 76.4 Å². The van der Waals surface area contributed by atoms with Gasteiger partial charge in [0, 0.05) is 41.2 Å². The molecule has 1 unspecified atom stereocenters. The number of rotatable bonds is 5. The first-order valence-corrected chi connectivity index (χ1v) is 12.4. The maximum Gasteiger partial charge on any atom is 0.247 e. The molecule has 1 fully saturated rings. The number of piperidine rings is 1. The highest BCUT2D eigenvalue weighted by molar-refractivity contribution is 6.32. The van der Waals surface area contributed by atoms with Crippen molar-refractivity contribution >= 4 is 17.5 Å². The summed E-state index contributed by atoms with van der Waals surface area (Å²) in [5, 5.41) is 25.0. The standard InChI is InChI=1S/C27H32ClN5O2/c1-26(2)13-19(14-27(3,4)33-26)32-25(34)17-8-9-24(22(28)12-17)35-23-7-5-6-20(21(23)15-29)18-10-11-30-31-16-18/h5-7,10-12,18-19,33H,8-9,13-14,16H2,1-4H3,(H,32,34). The number of nitrogens with one attached hydrogen (secondary N) is 2. The van der Waals surface area contributed by atoms with Gasteiger partial charge in [0.15, 0.2) is 0 Å². The topological polar surface area (TPSA) is 98.9 Å². The summed E-state index contributed by atoms with van der Waals surface area (Å²) < 4.78 is 6.12. The Hall–Kier alpha value is -2.95. The van der Waals surface area contributed by atoms with E-state index in [-0.39, 0.29) is 28.9 Å². The van der Waals surface area contributed by atoms with Crippen molar-refractivity contribution in [3.05, 3.63) is 64.0 Å². The van der Waals surface area contributed by atoms with Crippen LogP contribution in [0.3, 0.4) is 0 Å². The van der Waals surface area contributed by atoms with Gasteiger partial charge in [0.25, 0.3) is 0 Å². The molecule has 184 valence electrons. The number of nitrogens with zero attached hydrogens (tertiary/aromatic N) is 3. The fourth-order valence-electron chi connectivity index (χ4n) is 5.44. The number of hydrogen-bond donors (Lipinski definition) is 2. The minimum absolute atomic E-state index is 0.0263. The third-order valence-corrected chi connectivity index (χ3v) is 6.87. The van der Waals surface area contributed by atoms with Gasteiger partial charge in [-0.1, -0.05) is 29.8 Å². The third kappa shape index (κ3) is 6.01. The molecule has 1 aliphatic carbocycles. The Kier molecular flexibility index (Phi) is 7.16. The number of hydrogen-bond acceptors (Lipinski definition) is 6. The molecule has 2 aliphatic heterocycles. The van der Waals surface area contributed by atoms with Crippen LogP contribution in [0.15, 0.2) is 63.1 Å². The van der Waals surface area contributed by atoms with Crippen molar-refractivity contribution in [3.63, 3.8) is 0 Å². The van der Waals surface area contributed by atoms with E-state index in [1.165, 1.54) is 0 Å². The lowest BCUT2D eigenvalue weighted by atomic mass is 9.79. The number of ether oxygens (including phenoxy) is 1. The average Bonchev–Trinajstić information content (AvgIpc) is 2.78. The smallest absolute Gasteiger partial charge is 0.247 e. The highest BCUT2D eigenvalue weighted by atomic mass is 35.5. The normalized spacial score (nSPS) is 23.4. The van der Waals surface area contributed by atoms with Crippen molar-refractivity contribution in [2.75, 3.05) is 6.54 Å². The lowest BCUT2D eigenvalue weighted by Crippen LogP contribution is -2.62. The van der Waals surface area contributed by atoms with Gasteiger partial charge >= 0.3 is 0 Å². The molecule has 1 aromatic carbocycles. The van der Waals surface area contributed by atoms with Gasteiger partial charge in [-0.15, -0.1) is 0 Å². The molecule has 0 spiro atoms. The predicted molar refractivity (Wildman–Crippen MR) is 136 cm³/mol. The van der Waals surface area contributed by atoms with E-state index in [1.807, 2.05) is 18.2 Å². The molecule has 8 heteroatoms. The minimum atomic E-state index is -0.0846. The Morgan fingerprint density at radius 2 is 1.97 bits per heavy atom. The van der Waals surface area contributed by atoms with Crippen LogP contribution in [0.2, 0.25) is 0 Å². The molecular weight excluding hydrogens is 462 g/mol. The van der Waals surface area contributed by atoms with E-state index in [4.69, 9.17) is 16.3 Å². The number of carbonyl (C=O) groups is 1. The monoisotopic (exact) mass is 493 g/mol. The van der Waals surface area contributed by atoms with Crippen LogP contribution in [-0.2, 0) is 4.79 Å². The van der Waals surface area contributed by atoms with E-state index < -0.39 is 0 Å².